The zero-order chi connectivity index (χ0) is 23.0. The summed E-state index contributed by atoms with van der Waals surface area (Å²) in [6, 6.07) is 9.38. The Bertz CT molecular complexity index is 1210. The van der Waals surface area contributed by atoms with Gasteiger partial charge in [0.15, 0.2) is 11.5 Å². The number of nitriles is 1. The molecule has 0 saturated carbocycles. The van der Waals surface area contributed by atoms with Gasteiger partial charge in [-0.05, 0) is 49.2 Å². The number of hydrazone groups is 1. The Morgan fingerprint density at radius 1 is 1.25 bits per heavy atom. The molecule has 8 nitrogen and oxygen atoms in total. The summed E-state index contributed by atoms with van der Waals surface area (Å²) in [4.78, 5) is 26.5. The van der Waals surface area contributed by atoms with E-state index in [0.717, 1.165) is 17.0 Å². The van der Waals surface area contributed by atoms with Crippen LogP contribution in [0.25, 0.3) is 0 Å². The highest BCUT2D eigenvalue weighted by Gasteiger charge is 2.27. The number of allylic oxidation sites excluding steroid dienone is 1. The van der Waals surface area contributed by atoms with Gasteiger partial charge in [-0.1, -0.05) is 29.8 Å². The number of likely N-dealkylation sites (N-methyl/N-ethyl adjacent to an activating group) is 1. The van der Waals surface area contributed by atoms with Crippen molar-refractivity contribution in [1.29, 1.82) is 5.26 Å². The number of nitrogens with zero attached hydrogens (tertiary/aromatic N) is 4. The van der Waals surface area contributed by atoms with Gasteiger partial charge in [0.2, 0.25) is 0 Å². The Morgan fingerprint density at radius 3 is 2.62 bits per heavy atom. The SMILES string of the molecule is C=C1NC(=O)N(c2cc(Cl)c(Oc3ccc4c(c3)CCN(CC)C4=O)c(Cl)c2)N=C1C#N. The summed E-state index contributed by atoms with van der Waals surface area (Å²) in [5.74, 6) is 0.677. The van der Waals surface area contributed by atoms with Gasteiger partial charge in [0.05, 0.1) is 21.4 Å². The maximum Gasteiger partial charge on any atom is 0.347 e. The van der Waals surface area contributed by atoms with Gasteiger partial charge in [-0.2, -0.15) is 15.4 Å². The Hall–Kier alpha value is -3.54. The first-order chi connectivity index (χ1) is 15.3. The molecule has 32 heavy (non-hydrogen) atoms. The number of hydrogen-bond donors (Lipinski definition) is 1. The van der Waals surface area contributed by atoms with E-state index < -0.39 is 6.03 Å². The summed E-state index contributed by atoms with van der Waals surface area (Å²) in [5, 5.41) is 16.8. The second-order valence-corrected chi connectivity index (χ2v) is 7.89. The lowest BCUT2D eigenvalue weighted by Gasteiger charge is -2.27. The van der Waals surface area contributed by atoms with Crippen LogP contribution in [0.4, 0.5) is 10.5 Å². The van der Waals surface area contributed by atoms with Crippen molar-refractivity contribution >= 4 is 46.5 Å². The molecule has 2 heterocycles. The highest BCUT2D eigenvalue weighted by Crippen LogP contribution is 2.40. The number of nitrogens with one attached hydrogen (secondary N) is 1. The van der Waals surface area contributed by atoms with Crippen LogP contribution in [0.5, 0.6) is 11.5 Å². The van der Waals surface area contributed by atoms with Crippen LogP contribution in [0.3, 0.4) is 0 Å². The highest BCUT2D eigenvalue weighted by atomic mass is 35.5. The number of rotatable bonds is 4. The number of ether oxygens (including phenoxy) is 1. The molecule has 0 bridgehead atoms. The zero-order valence-electron chi connectivity index (χ0n) is 17.0. The van der Waals surface area contributed by atoms with E-state index in [9.17, 15) is 9.59 Å². The van der Waals surface area contributed by atoms with Crippen molar-refractivity contribution in [3.05, 3.63) is 63.8 Å². The minimum absolute atomic E-state index is 0.000464. The van der Waals surface area contributed by atoms with E-state index in [1.165, 1.54) is 12.1 Å². The molecule has 0 aliphatic carbocycles. The van der Waals surface area contributed by atoms with Crippen LogP contribution in [-0.2, 0) is 6.42 Å². The van der Waals surface area contributed by atoms with Crippen LogP contribution in [0.1, 0.15) is 22.8 Å². The molecule has 3 amide bonds. The van der Waals surface area contributed by atoms with E-state index >= 15 is 0 Å². The molecule has 0 radical (unpaired) electrons. The smallest absolute Gasteiger partial charge is 0.347 e. The fraction of sp³-hybridized carbons (Fsp3) is 0.182. The molecule has 0 saturated heterocycles. The van der Waals surface area contributed by atoms with E-state index in [-0.39, 0.29) is 38.8 Å². The fourth-order valence-electron chi connectivity index (χ4n) is 3.47. The van der Waals surface area contributed by atoms with Gasteiger partial charge in [-0.25, -0.2) is 4.79 Å². The molecule has 2 aliphatic rings. The normalized spacial score (nSPS) is 15.7. The van der Waals surface area contributed by atoms with Gasteiger partial charge in [0, 0.05) is 18.7 Å². The molecule has 2 aromatic carbocycles. The van der Waals surface area contributed by atoms with Crippen LogP contribution in [0.15, 0.2) is 47.7 Å². The van der Waals surface area contributed by atoms with Crippen LogP contribution < -0.4 is 15.1 Å². The topological polar surface area (TPSA) is 98.0 Å². The first kappa shape index (κ1) is 21.7. The third kappa shape index (κ3) is 3.88. The molecule has 0 atom stereocenters. The lowest BCUT2D eigenvalue weighted by molar-refractivity contribution is 0.0749. The summed E-state index contributed by atoms with van der Waals surface area (Å²) in [5.41, 5.74) is 1.87. The maximum absolute atomic E-state index is 12.5. The summed E-state index contributed by atoms with van der Waals surface area (Å²) >= 11 is 12.8. The third-order valence-corrected chi connectivity index (χ3v) is 5.68. The fourth-order valence-corrected chi connectivity index (χ4v) is 4.03. The van der Waals surface area contributed by atoms with Gasteiger partial charge in [0.1, 0.15) is 11.8 Å². The quantitative estimate of drug-likeness (QED) is 0.699. The summed E-state index contributed by atoms with van der Waals surface area (Å²) in [6.07, 6.45) is 0.723. The number of hydrogen-bond acceptors (Lipinski definition) is 5. The zero-order valence-corrected chi connectivity index (χ0v) is 18.5. The molecule has 2 aliphatic heterocycles. The lowest BCUT2D eigenvalue weighted by Crippen LogP contribution is -2.42. The molecule has 0 unspecified atom stereocenters. The predicted molar refractivity (Wildman–Crippen MR) is 121 cm³/mol. The monoisotopic (exact) mass is 469 g/mol. The van der Waals surface area contributed by atoms with E-state index in [1.54, 1.807) is 23.1 Å². The first-order valence-corrected chi connectivity index (χ1v) is 10.5. The first-order valence-electron chi connectivity index (χ1n) is 9.70. The van der Waals surface area contributed by atoms with Gasteiger partial charge in [-0.15, -0.1) is 0 Å². The van der Waals surface area contributed by atoms with Crippen molar-refractivity contribution in [2.45, 2.75) is 13.3 Å². The van der Waals surface area contributed by atoms with Gasteiger partial charge < -0.3 is 15.0 Å². The molecule has 10 heteroatoms. The van der Waals surface area contributed by atoms with Crippen molar-refractivity contribution in [3.8, 4) is 17.6 Å². The Kier molecular flexibility index (Phi) is 5.78. The Morgan fingerprint density at radius 2 is 1.97 bits per heavy atom. The van der Waals surface area contributed by atoms with Crippen molar-refractivity contribution in [2.75, 3.05) is 18.1 Å². The van der Waals surface area contributed by atoms with Crippen molar-refractivity contribution in [3.63, 3.8) is 0 Å². The number of urea groups is 1. The van der Waals surface area contributed by atoms with Crippen molar-refractivity contribution in [2.24, 2.45) is 5.10 Å². The van der Waals surface area contributed by atoms with E-state index in [4.69, 9.17) is 33.2 Å². The van der Waals surface area contributed by atoms with E-state index in [0.29, 0.717) is 24.4 Å². The van der Waals surface area contributed by atoms with Crippen LogP contribution in [0.2, 0.25) is 10.0 Å². The van der Waals surface area contributed by atoms with Crippen LogP contribution in [0, 0.1) is 11.3 Å². The number of fused-ring (bicyclic) bond motifs is 1. The number of carbonyl (C=O) groups excluding carboxylic acids is 2. The summed E-state index contributed by atoms with van der Waals surface area (Å²) in [7, 11) is 0. The van der Waals surface area contributed by atoms with Crippen LogP contribution >= 0.6 is 23.2 Å². The molecule has 0 spiro atoms. The maximum atomic E-state index is 12.5. The number of anilines is 1. The van der Waals surface area contributed by atoms with Gasteiger partial charge in [0.25, 0.3) is 5.91 Å². The molecular formula is C22H17Cl2N5O3. The predicted octanol–water partition coefficient (Wildman–Crippen LogP) is 4.73. The molecule has 0 aromatic heterocycles. The molecule has 162 valence electrons. The number of amides is 3. The Labute approximate surface area is 194 Å². The lowest BCUT2D eigenvalue weighted by atomic mass is 9.99. The van der Waals surface area contributed by atoms with Crippen molar-refractivity contribution < 1.29 is 14.3 Å². The second kappa shape index (κ2) is 8.54. The number of halogens is 2. The number of carbonyl (C=O) groups is 2. The summed E-state index contributed by atoms with van der Waals surface area (Å²) in [6.45, 7) is 6.84. The van der Waals surface area contributed by atoms with Gasteiger partial charge in [-0.3, -0.25) is 4.79 Å². The standard InChI is InChI=1S/C22H17Cl2N5O3/c1-3-28-7-6-13-8-15(4-5-16(13)21(28)30)32-20-17(23)9-14(10-18(20)24)29-22(31)26-12(2)19(11-25)27-29/h4-5,8-10H,2-3,6-7H2,1H3,(H,26,31). The molecule has 2 aromatic rings. The number of benzene rings is 2. The van der Waals surface area contributed by atoms with E-state index in [1.807, 2.05) is 13.0 Å². The van der Waals surface area contributed by atoms with Gasteiger partial charge >= 0.3 is 6.03 Å². The molecular weight excluding hydrogens is 453 g/mol. The van der Waals surface area contributed by atoms with E-state index in [2.05, 4.69) is 17.0 Å². The minimum atomic E-state index is -0.602. The average Bonchev–Trinajstić information content (AvgIpc) is 2.76. The largest absolute Gasteiger partial charge is 0.454 e. The Balaban J connectivity index is 1.62. The molecule has 0 fully saturated rings. The molecule has 4 rings (SSSR count). The third-order valence-electron chi connectivity index (χ3n) is 5.12. The second-order valence-electron chi connectivity index (χ2n) is 7.08. The average molecular weight is 470 g/mol. The molecule has 1 N–H and O–H groups in total. The van der Waals surface area contributed by atoms with Crippen LogP contribution in [-0.4, -0.2) is 35.6 Å². The summed E-state index contributed by atoms with van der Waals surface area (Å²) < 4.78 is 5.91. The minimum Gasteiger partial charge on any atom is -0.454 e. The highest BCUT2D eigenvalue weighted by molar-refractivity contribution is 6.37. The van der Waals surface area contributed by atoms with Crippen molar-refractivity contribution in [1.82, 2.24) is 10.2 Å².